The Morgan fingerprint density at radius 2 is 2.35 bits per heavy atom. The summed E-state index contributed by atoms with van der Waals surface area (Å²) in [6.45, 7) is 1.79. The Morgan fingerprint density at radius 3 is 3.05 bits per heavy atom. The fourth-order valence-corrected chi connectivity index (χ4v) is 2.38. The molecule has 2 N–H and O–H groups in total. The molecular formula is C14H20N2O4. The Morgan fingerprint density at radius 1 is 1.50 bits per heavy atom. The molecule has 0 radical (unpaired) electrons. The number of carbonyl (C=O) groups excluding carboxylic acids is 2. The predicted octanol–water partition coefficient (Wildman–Crippen LogP) is 0.630. The van der Waals surface area contributed by atoms with Crippen LogP contribution < -0.4 is 5.32 Å². The molecular weight excluding hydrogens is 260 g/mol. The smallest absolute Gasteiger partial charge is 0.254 e. The van der Waals surface area contributed by atoms with Gasteiger partial charge in [-0.2, -0.15) is 0 Å². The zero-order valence-electron chi connectivity index (χ0n) is 11.4. The molecule has 6 nitrogen and oxygen atoms in total. The van der Waals surface area contributed by atoms with Crippen molar-refractivity contribution in [1.29, 1.82) is 0 Å². The van der Waals surface area contributed by atoms with Crippen LogP contribution in [-0.4, -0.2) is 48.1 Å². The number of hydrogen-bond acceptors (Lipinski definition) is 4. The number of nitrogens with zero attached hydrogens (tertiary/aromatic N) is 1. The molecule has 0 spiro atoms. The second kappa shape index (κ2) is 7.09. The van der Waals surface area contributed by atoms with E-state index < -0.39 is 0 Å². The van der Waals surface area contributed by atoms with Crippen LogP contribution in [-0.2, 0) is 4.79 Å². The molecule has 2 rings (SSSR count). The summed E-state index contributed by atoms with van der Waals surface area (Å²) in [4.78, 5) is 25.4. The lowest BCUT2D eigenvalue weighted by atomic mass is 9.99. The summed E-state index contributed by atoms with van der Waals surface area (Å²) >= 11 is 0. The standard InChI is InChI=1S/C14H20N2O4/c17-9-11-2-1-6-16(8-11)13(18)3-5-15-14(19)12-4-7-20-10-12/h4,7,10-11,17H,1-3,5-6,8-9H2,(H,15,19). The second-order valence-corrected chi connectivity index (χ2v) is 5.05. The van der Waals surface area contributed by atoms with Crippen LogP contribution in [0.25, 0.3) is 0 Å². The molecule has 1 aromatic rings. The van der Waals surface area contributed by atoms with Gasteiger partial charge in [-0.05, 0) is 24.8 Å². The van der Waals surface area contributed by atoms with Crippen molar-refractivity contribution < 1.29 is 19.1 Å². The molecule has 1 aromatic heterocycles. The van der Waals surface area contributed by atoms with E-state index in [9.17, 15) is 9.59 Å². The Bertz CT molecular complexity index is 444. The molecule has 2 amide bonds. The first kappa shape index (κ1) is 14.6. The highest BCUT2D eigenvalue weighted by molar-refractivity contribution is 5.94. The summed E-state index contributed by atoms with van der Waals surface area (Å²) in [5, 5.41) is 11.8. The van der Waals surface area contributed by atoms with E-state index in [2.05, 4.69) is 5.32 Å². The van der Waals surface area contributed by atoms with Gasteiger partial charge in [0.05, 0.1) is 11.8 Å². The lowest BCUT2D eigenvalue weighted by molar-refractivity contribution is -0.133. The number of likely N-dealkylation sites (tertiary alicyclic amines) is 1. The van der Waals surface area contributed by atoms with Crippen LogP contribution in [0.1, 0.15) is 29.6 Å². The molecule has 0 bridgehead atoms. The predicted molar refractivity (Wildman–Crippen MR) is 72.0 cm³/mol. The summed E-state index contributed by atoms with van der Waals surface area (Å²) in [7, 11) is 0. The van der Waals surface area contributed by atoms with Crippen LogP contribution in [0.5, 0.6) is 0 Å². The molecule has 6 heteroatoms. The van der Waals surface area contributed by atoms with Gasteiger partial charge in [-0.15, -0.1) is 0 Å². The van der Waals surface area contributed by atoms with E-state index in [0.29, 0.717) is 18.7 Å². The van der Waals surface area contributed by atoms with Crippen LogP contribution >= 0.6 is 0 Å². The van der Waals surface area contributed by atoms with Gasteiger partial charge in [0, 0.05) is 32.7 Å². The van der Waals surface area contributed by atoms with Crippen molar-refractivity contribution in [1.82, 2.24) is 10.2 Å². The van der Waals surface area contributed by atoms with Crippen molar-refractivity contribution in [3.63, 3.8) is 0 Å². The summed E-state index contributed by atoms with van der Waals surface area (Å²) in [5.41, 5.74) is 0.454. The number of piperidine rings is 1. The number of rotatable bonds is 5. The normalized spacial score (nSPS) is 18.9. The van der Waals surface area contributed by atoms with Gasteiger partial charge in [0.1, 0.15) is 6.26 Å². The van der Waals surface area contributed by atoms with Gasteiger partial charge in [0.2, 0.25) is 5.91 Å². The molecule has 0 aromatic carbocycles. The van der Waals surface area contributed by atoms with Crippen molar-refractivity contribution in [2.75, 3.05) is 26.2 Å². The third-order valence-electron chi connectivity index (χ3n) is 3.54. The molecule has 20 heavy (non-hydrogen) atoms. The molecule has 1 atom stereocenters. The highest BCUT2D eigenvalue weighted by atomic mass is 16.3. The Kier molecular flexibility index (Phi) is 5.17. The molecule has 1 saturated heterocycles. The second-order valence-electron chi connectivity index (χ2n) is 5.05. The van der Waals surface area contributed by atoms with Gasteiger partial charge in [-0.25, -0.2) is 0 Å². The van der Waals surface area contributed by atoms with Crippen molar-refractivity contribution in [2.24, 2.45) is 5.92 Å². The average Bonchev–Trinajstić information content (AvgIpc) is 3.01. The summed E-state index contributed by atoms with van der Waals surface area (Å²) in [6, 6.07) is 1.58. The number of furan rings is 1. The minimum Gasteiger partial charge on any atom is -0.472 e. The number of aliphatic hydroxyl groups is 1. The van der Waals surface area contributed by atoms with Gasteiger partial charge in [-0.3, -0.25) is 9.59 Å². The van der Waals surface area contributed by atoms with Gasteiger partial charge in [-0.1, -0.05) is 0 Å². The summed E-state index contributed by atoms with van der Waals surface area (Å²) in [5.74, 6) is -0.0257. The van der Waals surface area contributed by atoms with E-state index in [-0.39, 0.29) is 30.8 Å². The minimum absolute atomic E-state index is 0.0237. The van der Waals surface area contributed by atoms with Crippen molar-refractivity contribution in [3.05, 3.63) is 24.2 Å². The quantitative estimate of drug-likeness (QED) is 0.828. The maximum absolute atomic E-state index is 12.0. The maximum atomic E-state index is 12.0. The first-order valence-corrected chi connectivity index (χ1v) is 6.89. The summed E-state index contributed by atoms with van der Waals surface area (Å²) in [6.07, 6.45) is 4.98. The number of hydrogen-bond donors (Lipinski definition) is 2. The first-order chi connectivity index (χ1) is 9.70. The zero-order chi connectivity index (χ0) is 14.4. The molecule has 2 heterocycles. The molecule has 110 valence electrons. The third-order valence-corrected chi connectivity index (χ3v) is 3.54. The van der Waals surface area contributed by atoms with Crippen LogP contribution in [0.4, 0.5) is 0 Å². The van der Waals surface area contributed by atoms with Crippen molar-refractivity contribution in [2.45, 2.75) is 19.3 Å². The Hall–Kier alpha value is -1.82. The minimum atomic E-state index is -0.238. The SMILES string of the molecule is O=C(NCCC(=O)N1CCCC(CO)C1)c1ccoc1. The number of carbonyl (C=O) groups is 2. The van der Waals surface area contributed by atoms with Crippen LogP contribution in [0.3, 0.4) is 0 Å². The highest BCUT2D eigenvalue weighted by Gasteiger charge is 2.22. The van der Waals surface area contributed by atoms with Gasteiger partial charge in [0.25, 0.3) is 5.91 Å². The molecule has 1 fully saturated rings. The zero-order valence-corrected chi connectivity index (χ0v) is 11.4. The van der Waals surface area contributed by atoms with E-state index in [1.807, 2.05) is 0 Å². The van der Waals surface area contributed by atoms with Gasteiger partial charge >= 0.3 is 0 Å². The highest BCUT2D eigenvalue weighted by Crippen LogP contribution is 2.16. The van der Waals surface area contributed by atoms with E-state index in [1.165, 1.54) is 12.5 Å². The van der Waals surface area contributed by atoms with Crippen LogP contribution in [0.2, 0.25) is 0 Å². The lowest BCUT2D eigenvalue weighted by Crippen LogP contribution is -2.42. The number of nitrogens with one attached hydrogen (secondary N) is 1. The van der Waals surface area contributed by atoms with Crippen LogP contribution in [0.15, 0.2) is 23.0 Å². The first-order valence-electron chi connectivity index (χ1n) is 6.89. The summed E-state index contributed by atoms with van der Waals surface area (Å²) < 4.78 is 4.82. The molecule has 0 saturated carbocycles. The topological polar surface area (TPSA) is 82.8 Å². The van der Waals surface area contributed by atoms with E-state index in [4.69, 9.17) is 9.52 Å². The van der Waals surface area contributed by atoms with Gasteiger partial charge < -0.3 is 19.7 Å². The Labute approximate surface area is 117 Å². The lowest BCUT2D eigenvalue weighted by Gasteiger charge is -2.31. The molecule has 1 aliphatic heterocycles. The molecule has 1 aliphatic rings. The third kappa shape index (κ3) is 3.84. The van der Waals surface area contributed by atoms with Crippen molar-refractivity contribution in [3.8, 4) is 0 Å². The largest absolute Gasteiger partial charge is 0.472 e. The van der Waals surface area contributed by atoms with E-state index >= 15 is 0 Å². The number of aliphatic hydroxyl groups excluding tert-OH is 1. The average molecular weight is 280 g/mol. The van der Waals surface area contributed by atoms with E-state index in [1.54, 1.807) is 11.0 Å². The fraction of sp³-hybridized carbons (Fsp3) is 0.571. The maximum Gasteiger partial charge on any atom is 0.254 e. The van der Waals surface area contributed by atoms with Gasteiger partial charge in [0.15, 0.2) is 0 Å². The Balaban J connectivity index is 1.71. The van der Waals surface area contributed by atoms with E-state index in [0.717, 1.165) is 19.4 Å². The number of amides is 2. The van der Waals surface area contributed by atoms with Crippen molar-refractivity contribution >= 4 is 11.8 Å². The monoisotopic (exact) mass is 280 g/mol. The van der Waals surface area contributed by atoms with Crippen LogP contribution in [0, 0.1) is 5.92 Å². The molecule has 0 aliphatic carbocycles. The fourth-order valence-electron chi connectivity index (χ4n) is 2.38. The molecule has 1 unspecified atom stereocenters.